The first-order valence-electron chi connectivity index (χ1n) is 9.00. The summed E-state index contributed by atoms with van der Waals surface area (Å²) in [7, 11) is 5.74. The summed E-state index contributed by atoms with van der Waals surface area (Å²) < 4.78 is 6.33. The maximum atomic E-state index is 13.0. The quantitative estimate of drug-likeness (QED) is 0.593. The molecule has 3 rings (SSSR count). The summed E-state index contributed by atoms with van der Waals surface area (Å²) in [6, 6.07) is 15.7. The molecule has 0 spiro atoms. The summed E-state index contributed by atoms with van der Waals surface area (Å²) in [4.78, 5) is 21.7. The molecule has 142 valence electrons. The van der Waals surface area contributed by atoms with E-state index in [-0.39, 0.29) is 5.91 Å². The fourth-order valence-electron chi connectivity index (χ4n) is 2.87. The molecule has 1 amide bonds. The highest BCUT2D eigenvalue weighted by atomic mass is 32.1. The number of amides is 1. The van der Waals surface area contributed by atoms with Gasteiger partial charge in [0.25, 0.3) is 0 Å². The number of hydrogen-bond acceptors (Lipinski definition) is 5. The van der Waals surface area contributed by atoms with Gasteiger partial charge >= 0.3 is 0 Å². The monoisotopic (exact) mass is 383 g/mol. The van der Waals surface area contributed by atoms with Crippen LogP contribution in [0.15, 0.2) is 48.5 Å². The second-order valence-corrected chi connectivity index (χ2v) is 7.70. The molecule has 0 aliphatic heterocycles. The Kier molecular flexibility index (Phi) is 6.42. The highest BCUT2D eigenvalue weighted by molar-refractivity contribution is 7.22. The van der Waals surface area contributed by atoms with E-state index in [9.17, 15) is 4.79 Å². The number of benzene rings is 2. The molecule has 0 bridgehead atoms. The van der Waals surface area contributed by atoms with Crippen molar-refractivity contribution in [2.45, 2.75) is 12.8 Å². The molecule has 1 heterocycles. The standard InChI is InChI=1S/C21H25N3O2S/c1-23(2)12-7-13-24(20(25)14-16-8-5-4-6-9-16)21-22-18-11-10-17(26-3)15-19(18)27-21/h4-6,8-11,15H,7,12-14H2,1-3H3. The van der Waals surface area contributed by atoms with E-state index in [1.54, 1.807) is 7.11 Å². The van der Waals surface area contributed by atoms with Gasteiger partial charge in [-0.25, -0.2) is 4.98 Å². The molecule has 1 aromatic heterocycles. The van der Waals surface area contributed by atoms with Crippen LogP contribution in [0.1, 0.15) is 12.0 Å². The summed E-state index contributed by atoms with van der Waals surface area (Å²) in [6.45, 7) is 1.58. The molecule has 0 N–H and O–H groups in total. The van der Waals surface area contributed by atoms with Crippen molar-refractivity contribution < 1.29 is 9.53 Å². The van der Waals surface area contributed by atoms with Gasteiger partial charge in [0.1, 0.15) is 5.75 Å². The largest absolute Gasteiger partial charge is 0.497 e. The first kappa shape index (κ1) is 19.3. The first-order valence-corrected chi connectivity index (χ1v) is 9.82. The van der Waals surface area contributed by atoms with E-state index in [0.717, 1.165) is 39.6 Å². The van der Waals surface area contributed by atoms with Crippen molar-refractivity contribution in [2.75, 3.05) is 39.2 Å². The van der Waals surface area contributed by atoms with Crippen LogP contribution in [-0.2, 0) is 11.2 Å². The Labute approximate surface area is 164 Å². The van der Waals surface area contributed by atoms with E-state index in [1.165, 1.54) is 11.3 Å². The van der Waals surface area contributed by atoms with Crippen LogP contribution in [0.25, 0.3) is 10.2 Å². The summed E-state index contributed by atoms with van der Waals surface area (Å²) in [6.07, 6.45) is 1.27. The smallest absolute Gasteiger partial charge is 0.233 e. The number of nitrogens with zero attached hydrogens (tertiary/aromatic N) is 3. The second kappa shape index (κ2) is 8.97. The predicted molar refractivity (Wildman–Crippen MR) is 112 cm³/mol. The zero-order valence-electron chi connectivity index (χ0n) is 16.0. The van der Waals surface area contributed by atoms with E-state index in [4.69, 9.17) is 9.72 Å². The zero-order chi connectivity index (χ0) is 19.2. The Morgan fingerprint density at radius 2 is 1.89 bits per heavy atom. The van der Waals surface area contributed by atoms with Gasteiger partial charge < -0.3 is 9.64 Å². The van der Waals surface area contributed by atoms with Crippen molar-refractivity contribution >= 4 is 32.6 Å². The number of carbonyl (C=O) groups is 1. The molecule has 27 heavy (non-hydrogen) atoms. The number of ether oxygens (including phenoxy) is 1. The molecule has 0 fully saturated rings. The number of hydrogen-bond donors (Lipinski definition) is 0. The van der Waals surface area contributed by atoms with Gasteiger partial charge in [-0.05, 0) is 50.8 Å². The lowest BCUT2D eigenvalue weighted by Gasteiger charge is -2.21. The third-order valence-corrected chi connectivity index (χ3v) is 5.34. The van der Waals surface area contributed by atoms with Gasteiger partial charge in [-0.3, -0.25) is 9.69 Å². The minimum absolute atomic E-state index is 0.0750. The number of carbonyl (C=O) groups excluding carboxylic acids is 1. The minimum Gasteiger partial charge on any atom is -0.497 e. The fraction of sp³-hybridized carbons (Fsp3) is 0.333. The molecule has 5 nitrogen and oxygen atoms in total. The van der Waals surface area contributed by atoms with Crippen LogP contribution in [0.5, 0.6) is 5.75 Å². The topological polar surface area (TPSA) is 45.7 Å². The van der Waals surface area contributed by atoms with Crippen molar-refractivity contribution in [1.29, 1.82) is 0 Å². The average Bonchev–Trinajstić information content (AvgIpc) is 3.08. The van der Waals surface area contributed by atoms with E-state index in [2.05, 4.69) is 4.90 Å². The lowest BCUT2D eigenvalue weighted by molar-refractivity contribution is -0.118. The number of anilines is 1. The lowest BCUT2D eigenvalue weighted by Crippen LogP contribution is -2.34. The number of rotatable bonds is 8. The SMILES string of the molecule is COc1ccc2nc(N(CCCN(C)C)C(=O)Cc3ccccc3)sc2c1. The number of fused-ring (bicyclic) bond motifs is 1. The van der Waals surface area contributed by atoms with Gasteiger partial charge in [-0.1, -0.05) is 41.7 Å². The van der Waals surface area contributed by atoms with Crippen molar-refractivity contribution in [1.82, 2.24) is 9.88 Å². The predicted octanol–water partition coefficient (Wildman–Crippen LogP) is 3.83. The summed E-state index contributed by atoms with van der Waals surface area (Å²) in [5.74, 6) is 0.874. The highest BCUT2D eigenvalue weighted by Gasteiger charge is 2.20. The molecule has 0 saturated heterocycles. The van der Waals surface area contributed by atoms with Gasteiger partial charge in [0.05, 0.1) is 23.7 Å². The molecule has 6 heteroatoms. The van der Waals surface area contributed by atoms with Gasteiger partial charge in [0.2, 0.25) is 5.91 Å². The Bertz CT molecular complexity index is 893. The Morgan fingerprint density at radius 3 is 2.59 bits per heavy atom. The van der Waals surface area contributed by atoms with Gasteiger partial charge in [-0.2, -0.15) is 0 Å². The molecular weight excluding hydrogens is 358 g/mol. The molecule has 2 aromatic carbocycles. The van der Waals surface area contributed by atoms with Gasteiger partial charge in [0.15, 0.2) is 5.13 Å². The van der Waals surface area contributed by atoms with Crippen LogP contribution < -0.4 is 9.64 Å². The number of thiazole rings is 1. The van der Waals surface area contributed by atoms with E-state index in [1.807, 2.05) is 67.5 Å². The molecule has 0 saturated carbocycles. The normalized spacial score (nSPS) is 11.1. The molecule has 3 aromatic rings. The van der Waals surface area contributed by atoms with Crippen LogP contribution in [0.3, 0.4) is 0 Å². The number of methoxy groups -OCH3 is 1. The summed E-state index contributed by atoms with van der Waals surface area (Å²) in [5, 5.41) is 0.748. The van der Waals surface area contributed by atoms with E-state index in [0.29, 0.717) is 13.0 Å². The van der Waals surface area contributed by atoms with Crippen LogP contribution in [0.4, 0.5) is 5.13 Å². The van der Waals surface area contributed by atoms with Gasteiger partial charge in [0, 0.05) is 6.54 Å². The van der Waals surface area contributed by atoms with Crippen LogP contribution >= 0.6 is 11.3 Å². The zero-order valence-corrected chi connectivity index (χ0v) is 16.8. The third kappa shape index (κ3) is 5.05. The maximum absolute atomic E-state index is 13.0. The first-order chi connectivity index (χ1) is 13.1. The average molecular weight is 384 g/mol. The Morgan fingerprint density at radius 1 is 1.11 bits per heavy atom. The van der Waals surface area contributed by atoms with Crippen LogP contribution in [-0.4, -0.2) is 50.1 Å². The minimum atomic E-state index is 0.0750. The number of aromatic nitrogens is 1. The fourth-order valence-corrected chi connectivity index (χ4v) is 3.91. The summed E-state index contributed by atoms with van der Waals surface area (Å²) in [5.41, 5.74) is 1.91. The van der Waals surface area contributed by atoms with Gasteiger partial charge in [-0.15, -0.1) is 0 Å². The Balaban J connectivity index is 1.85. The molecule has 0 aliphatic carbocycles. The molecule has 0 aliphatic rings. The summed E-state index contributed by atoms with van der Waals surface area (Å²) >= 11 is 1.53. The molecule has 0 atom stereocenters. The Hall–Kier alpha value is -2.44. The third-order valence-electron chi connectivity index (χ3n) is 4.30. The van der Waals surface area contributed by atoms with Crippen LogP contribution in [0, 0.1) is 0 Å². The molecular formula is C21H25N3O2S. The van der Waals surface area contributed by atoms with Crippen molar-refractivity contribution in [3.8, 4) is 5.75 Å². The van der Waals surface area contributed by atoms with Crippen LogP contribution in [0.2, 0.25) is 0 Å². The molecule has 0 radical (unpaired) electrons. The van der Waals surface area contributed by atoms with Crippen molar-refractivity contribution in [3.05, 3.63) is 54.1 Å². The second-order valence-electron chi connectivity index (χ2n) is 6.69. The van der Waals surface area contributed by atoms with Crippen molar-refractivity contribution in [3.63, 3.8) is 0 Å². The maximum Gasteiger partial charge on any atom is 0.233 e. The van der Waals surface area contributed by atoms with E-state index < -0.39 is 0 Å². The van der Waals surface area contributed by atoms with Crippen molar-refractivity contribution in [2.24, 2.45) is 0 Å². The lowest BCUT2D eigenvalue weighted by atomic mass is 10.1. The van der Waals surface area contributed by atoms with E-state index >= 15 is 0 Å². The molecule has 0 unspecified atom stereocenters. The highest BCUT2D eigenvalue weighted by Crippen LogP contribution is 2.32.